The summed E-state index contributed by atoms with van der Waals surface area (Å²) in [5.41, 5.74) is 1.25. The van der Waals surface area contributed by atoms with Gasteiger partial charge in [-0.05, 0) is 57.0 Å². The van der Waals surface area contributed by atoms with Crippen LogP contribution in [0.15, 0.2) is 35.7 Å². The first-order valence-corrected chi connectivity index (χ1v) is 13.5. The molecule has 0 aliphatic carbocycles. The SMILES string of the molecule is Cc1cc(Nc2nc(C(=O)N(C)CCCOc3ccc(Cl)cc3)cs2)nc([C@@H]2CCCN(CC#N)C2)n1. The van der Waals surface area contributed by atoms with Crippen molar-refractivity contribution in [3.05, 3.63) is 57.9 Å². The average Bonchev–Trinajstić information content (AvgIpc) is 3.35. The van der Waals surface area contributed by atoms with E-state index in [2.05, 4.69) is 26.3 Å². The number of amides is 1. The Morgan fingerprint density at radius 3 is 2.92 bits per heavy atom. The molecule has 3 aromatic rings. The smallest absolute Gasteiger partial charge is 0.273 e. The molecule has 194 valence electrons. The third kappa shape index (κ3) is 7.61. The van der Waals surface area contributed by atoms with Crippen LogP contribution in [0.2, 0.25) is 5.02 Å². The number of nitrogens with one attached hydrogen (secondary N) is 1. The van der Waals surface area contributed by atoms with Crippen LogP contribution in [0.1, 0.15) is 47.2 Å². The van der Waals surface area contributed by atoms with Gasteiger partial charge in [0.1, 0.15) is 23.1 Å². The number of halogens is 1. The summed E-state index contributed by atoms with van der Waals surface area (Å²) in [5.74, 6) is 2.22. The molecule has 37 heavy (non-hydrogen) atoms. The monoisotopic (exact) mass is 539 g/mol. The van der Waals surface area contributed by atoms with E-state index in [9.17, 15) is 4.79 Å². The molecule has 0 saturated carbocycles. The van der Waals surface area contributed by atoms with Gasteiger partial charge in [-0.2, -0.15) is 5.26 Å². The van der Waals surface area contributed by atoms with Gasteiger partial charge in [0.15, 0.2) is 5.13 Å². The van der Waals surface area contributed by atoms with Crippen molar-refractivity contribution in [2.24, 2.45) is 0 Å². The van der Waals surface area contributed by atoms with Gasteiger partial charge in [-0.1, -0.05) is 11.6 Å². The number of rotatable bonds is 10. The van der Waals surface area contributed by atoms with Crippen LogP contribution in [0, 0.1) is 18.3 Å². The molecule has 11 heteroatoms. The Morgan fingerprint density at radius 1 is 1.32 bits per heavy atom. The summed E-state index contributed by atoms with van der Waals surface area (Å²) in [6.45, 7) is 5.12. The summed E-state index contributed by atoms with van der Waals surface area (Å²) in [5, 5.41) is 15.3. The topological polar surface area (TPSA) is 107 Å². The number of thiazole rings is 1. The Kier molecular flexibility index (Phi) is 9.28. The molecular formula is C26H30ClN7O2S. The summed E-state index contributed by atoms with van der Waals surface area (Å²) in [4.78, 5) is 30.5. The maximum absolute atomic E-state index is 12.8. The number of nitrogens with zero attached hydrogens (tertiary/aromatic N) is 6. The van der Waals surface area contributed by atoms with Gasteiger partial charge < -0.3 is 15.0 Å². The molecule has 0 radical (unpaired) electrons. The van der Waals surface area contributed by atoms with Crippen LogP contribution in [0.3, 0.4) is 0 Å². The molecule has 1 fully saturated rings. The fraction of sp³-hybridized carbons (Fsp3) is 0.423. The van der Waals surface area contributed by atoms with Gasteiger partial charge in [-0.15, -0.1) is 11.3 Å². The van der Waals surface area contributed by atoms with Crippen LogP contribution >= 0.6 is 22.9 Å². The number of ether oxygens (including phenoxy) is 1. The number of anilines is 2. The van der Waals surface area contributed by atoms with Gasteiger partial charge >= 0.3 is 0 Å². The van der Waals surface area contributed by atoms with Crippen molar-refractivity contribution in [1.82, 2.24) is 24.8 Å². The van der Waals surface area contributed by atoms with E-state index in [-0.39, 0.29) is 11.8 Å². The largest absolute Gasteiger partial charge is 0.494 e. The molecular weight excluding hydrogens is 510 g/mol. The predicted molar refractivity (Wildman–Crippen MR) is 145 cm³/mol. The Hall–Kier alpha value is -3.26. The molecule has 4 rings (SSSR count). The first-order valence-electron chi connectivity index (χ1n) is 12.2. The highest BCUT2D eigenvalue weighted by molar-refractivity contribution is 7.14. The first-order chi connectivity index (χ1) is 17.9. The zero-order valence-electron chi connectivity index (χ0n) is 21.0. The minimum atomic E-state index is -0.143. The lowest BCUT2D eigenvalue weighted by atomic mass is 9.97. The Labute approximate surface area is 226 Å². The van der Waals surface area contributed by atoms with Crippen LogP contribution in [0.25, 0.3) is 0 Å². The molecule has 1 amide bonds. The van der Waals surface area contributed by atoms with Crippen molar-refractivity contribution in [2.75, 3.05) is 45.2 Å². The summed E-state index contributed by atoms with van der Waals surface area (Å²) >= 11 is 7.25. The lowest BCUT2D eigenvalue weighted by Gasteiger charge is -2.30. The van der Waals surface area contributed by atoms with Crippen LogP contribution in [0.5, 0.6) is 5.75 Å². The number of carbonyl (C=O) groups excluding carboxylic acids is 1. The van der Waals surface area contributed by atoms with E-state index < -0.39 is 0 Å². The quantitative estimate of drug-likeness (QED) is 0.287. The third-order valence-electron chi connectivity index (χ3n) is 6.06. The highest BCUT2D eigenvalue weighted by atomic mass is 35.5. The standard InChI is InChI=1S/C26H30ClN7O2S/c1-18-15-23(31-24(29-18)19-5-3-12-34(16-19)13-10-28)32-26-30-22(17-37-26)25(35)33(2)11-4-14-36-21-8-6-20(27)7-9-21/h6-9,15,17,19H,3-5,11-14,16H2,1-2H3,(H,29,30,31,32)/t19-/m1/s1. The normalized spacial score (nSPS) is 15.7. The first kappa shape index (κ1) is 26.8. The fourth-order valence-electron chi connectivity index (χ4n) is 4.21. The molecule has 9 nitrogen and oxygen atoms in total. The molecule has 0 unspecified atom stereocenters. The lowest BCUT2D eigenvalue weighted by molar-refractivity contribution is 0.0783. The van der Waals surface area contributed by atoms with E-state index in [1.165, 1.54) is 11.3 Å². The summed E-state index contributed by atoms with van der Waals surface area (Å²) < 4.78 is 5.70. The minimum Gasteiger partial charge on any atom is -0.494 e. The van der Waals surface area contributed by atoms with Crippen molar-refractivity contribution < 1.29 is 9.53 Å². The maximum Gasteiger partial charge on any atom is 0.273 e. The van der Waals surface area contributed by atoms with E-state index in [0.717, 1.165) is 43.2 Å². The molecule has 1 aromatic carbocycles. The van der Waals surface area contributed by atoms with Gasteiger partial charge in [0.05, 0.1) is 19.2 Å². The van der Waals surface area contributed by atoms with Gasteiger partial charge in [-0.25, -0.2) is 15.0 Å². The summed E-state index contributed by atoms with van der Waals surface area (Å²) in [6.07, 6.45) is 2.71. The highest BCUT2D eigenvalue weighted by Crippen LogP contribution is 2.27. The number of benzene rings is 1. The Morgan fingerprint density at radius 2 is 2.14 bits per heavy atom. The van der Waals surface area contributed by atoms with E-state index in [4.69, 9.17) is 26.6 Å². The molecule has 0 bridgehead atoms. The van der Waals surface area contributed by atoms with Crippen LogP contribution in [0.4, 0.5) is 10.9 Å². The summed E-state index contributed by atoms with van der Waals surface area (Å²) in [7, 11) is 1.76. The van der Waals surface area contributed by atoms with Crippen LogP contribution < -0.4 is 10.1 Å². The number of carbonyl (C=O) groups is 1. The van der Waals surface area contributed by atoms with Gasteiger partial charge in [0.2, 0.25) is 0 Å². The van der Waals surface area contributed by atoms with E-state index in [0.29, 0.717) is 47.8 Å². The minimum absolute atomic E-state index is 0.143. The molecule has 0 spiro atoms. The Bertz CT molecular complexity index is 1240. The van der Waals surface area contributed by atoms with E-state index in [1.807, 2.05) is 25.1 Å². The lowest BCUT2D eigenvalue weighted by Crippen LogP contribution is -2.35. The molecule has 1 N–H and O–H groups in total. The third-order valence-corrected chi connectivity index (χ3v) is 7.07. The van der Waals surface area contributed by atoms with Crippen LogP contribution in [-0.4, -0.2) is 70.5 Å². The fourth-order valence-corrected chi connectivity index (χ4v) is 5.02. The number of nitriles is 1. The van der Waals surface area contributed by atoms with Crippen molar-refractivity contribution in [2.45, 2.75) is 32.1 Å². The number of piperidine rings is 1. The molecule has 2 aromatic heterocycles. The zero-order valence-corrected chi connectivity index (χ0v) is 22.6. The van der Waals surface area contributed by atoms with Crippen molar-refractivity contribution in [3.63, 3.8) is 0 Å². The van der Waals surface area contributed by atoms with Crippen molar-refractivity contribution >= 4 is 39.8 Å². The number of aromatic nitrogens is 3. The van der Waals surface area contributed by atoms with Gasteiger partial charge in [-0.3, -0.25) is 9.69 Å². The molecule has 1 atom stereocenters. The van der Waals surface area contributed by atoms with E-state index in [1.54, 1.807) is 29.5 Å². The highest BCUT2D eigenvalue weighted by Gasteiger charge is 2.24. The van der Waals surface area contributed by atoms with E-state index >= 15 is 0 Å². The molecule has 1 saturated heterocycles. The van der Waals surface area contributed by atoms with Crippen LogP contribution in [-0.2, 0) is 0 Å². The Balaban J connectivity index is 1.31. The number of hydrogen-bond donors (Lipinski definition) is 1. The number of likely N-dealkylation sites (tertiary alicyclic amines) is 1. The number of hydrogen-bond acceptors (Lipinski definition) is 9. The predicted octanol–water partition coefficient (Wildman–Crippen LogP) is 4.88. The molecule has 3 heterocycles. The molecule has 1 aliphatic rings. The summed E-state index contributed by atoms with van der Waals surface area (Å²) in [6, 6.07) is 11.3. The van der Waals surface area contributed by atoms with Crippen molar-refractivity contribution in [1.29, 1.82) is 5.26 Å². The number of aryl methyl sites for hydroxylation is 1. The second-order valence-corrected chi connectivity index (χ2v) is 10.3. The van der Waals surface area contributed by atoms with Crippen molar-refractivity contribution in [3.8, 4) is 11.8 Å². The van der Waals surface area contributed by atoms with Gasteiger partial charge in [0, 0.05) is 48.2 Å². The zero-order chi connectivity index (χ0) is 26.2. The second-order valence-electron chi connectivity index (χ2n) is 9.03. The average molecular weight is 540 g/mol. The maximum atomic E-state index is 12.8. The molecule has 1 aliphatic heterocycles. The second kappa shape index (κ2) is 12.8. The van der Waals surface area contributed by atoms with Gasteiger partial charge in [0.25, 0.3) is 5.91 Å².